The molecule has 0 atom stereocenters. The smallest absolute Gasteiger partial charge is 0.257 e. The number of carbonyl (C=O) groups excluding carboxylic acids is 2. The highest BCUT2D eigenvalue weighted by atomic mass is 16.2. The van der Waals surface area contributed by atoms with Crippen molar-refractivity contribution in [2.45, 2.75) is 0 Å². The SMILES string of the molecule is O=C(CN1CCN(c2ccccc2)CC1)Nc1ccccc1C(=O)Nc1ccccc1. The zero-order valence-electron chi connectivity index (χ0n) is 17.3. The highest BCUT2D eigenvalue weighted by Gasteiger charge is 2.20. The number of nitrogens with one attached hydrogen (secondary N) is 2. The first-order valence-electron chi connectivity index (χ1n) is 10.5. The summed E-state index contributed by atoms with van der Waals surface area (Å²) in [6, 6.07) is 26.7. The van der Waals surface area contributed by atoms with Gasteiger partial charge in [-0.3, -0.25) is 14.5 Å². The summed E-state index contributed by atoms with van der Waals surface area (Å²) in [6.45, 7) is 3.70. The largest absolute Gasteiger partial charge is 0.369 e. The molecule has 0 unspecified atom stereocenters. The molecule has 4 rings (SSSR count). The van der Waals surface area contributed by atoms with Crippen LogP contribution in [-0.4, -0.2) is 49.4 Å². The second kappa shape index (κ2) is 9.91. The molecular formula is C25H26N4O2. The van der Waals surface area contributed by atoms with E-state index in [1.54, 1.807) is 18.2 Å². The van der Waals surface area contributed by atoms with Gasteiger partial charge in [-0.2, -0.15) is 0 Å². The van der Waals surface area contributed by atoms with Crippen molar-refractivity contribution in [1.29, 1.82) is 0 Å². The van der Waals surface area contributed by atoms with Gasteiger partial charge in [0.2, 0.25) is 5.91 Å². The highest BCUT2D eigenvalue weighted by molar-refractivity contribution is 6.10. The maximum absolute atomic E-state index is 12.7. The minimum Gasteiger partial charge on any atom is -0.369 e. The first-order valence-corrected chi connectivity index (χ1v) is 10.5. The molecule has 6 heteroatoms. The number of carbonyl (C=O) groups is 2. The lowest BCUT2D eigenvalue weighted by atomic mass is 10.1. The van der Waals surface area contributed by atoms with Crippen LogP contribution in [0.2, 0.25) is 0 Å². The van der Waals surface area contributed by atoms with Crippen LogP contribution in [0.5, 0.6) is 0 Å². The summed E-state index contributed by atoms with van der Waals surface area (Å²) in [6.07, 6.45) is 0. The number of rotatable bonds is 6. The van der Waals surface area contributed by atoms with E-state index in [1.165, 1.54) is 5.69 Å². The Morgan fingerprint density at radius 2 is 1.32 bits per heavy atom. The normalized spacial score (nSPS) is 14.1. The molecule has 1 aliphatic heterocycles. The average molecular weight is 415 g/mol. The predicted molar refractivity (Wildman–Crippen MR) is 125 cm³/mol. The standard InChI is InChI=1S/C25H26N4O2/c30-24(19-28-15-17-29(18-16-28)21-11-5-2-6-12-21)27-23-14-8-7-13-22(23)25(31)26-20-9-3-1-4-10-20/h1-14H,15-19H2,(H,26,31)(H,27,30). The van der Waals surface area contributed by atoms with Crippen LogP contribution in [0, 0.1) is 0 Å². The second-order valence-corrected chi connectivity index (χ2v) is 7.51. The van der Waals surface area contributed by atoms with Crippen molar-refractivity contribution in [2.75, 3.05) is 48.3 Å². The number of nitrogens with zero attached hydrogens (tertiary/aromatic N) is 2. The summed E-state index contributed by atoms with van der Waals surface area (Å²) in [5, 5.41) is 5.78. The fraction of sp³-hybridized carbons (Fsp3) is 0.200. The minimum absolute atomic E-state index is 0.117. The zero-order chi connectivity index (χ0) is 21.5. The Morgan fingerprint density at radius 1 is 0.710 bits per heavy atom. The zero-order valence-corrected chi connectivity index (χ0v) is 17.3. The number of piperazine rings is 1. The van der Waals surface area contributed by atoms with Gasteiger partial charge in [0.05, 0.1) is 17.8 Å². The molecule has 2 amide bonds. The van der Waals surface area contributed by atoms with Crippen molar-refractivity contribution in [3.8, 4) is 0 Å². The third-order valence-electron chi connectivity index (χ3n) is 5.34. The third-order valence-corrected chi connectivity index (χ3v) is 5.34. The molecular weight excluding hydrogens is 388 g/mol. The number of anilines is 3. The topological polar surface area (TPSA) is 64.7 Å². The molecule has 0 bridgehead atoms. The lowest BCUT2D eigenvalue weighted by Gasteiger charge is -2.35. The summed E-state index contributed by atoms with van der Waals surface area (Å²) in [5.41, 5.74) is 2.88. The highest BCUT2D eigenvalue weighted by Crippen LogP contribution is 2.18. The Morgan fingerprint density at radius 3 is 2.03 bits per heavy atom. The van der Waals surface area contributed by atoms with Crippen LogP contribution in [0.3, 0.4) is 0 Å². The molecule has 31 heavy (non-hydrogen) atoms. The lowest BCUT2D eigenvalue weighted by molar-refractivity contribution is -0.117. The molecule has 158 valence electrons. The molecule has 3 aromatic carbocycles. The summed E-state index contributed by atoms with van der Waals surface area (Å²) >= 11 is 0. The quantitative estimate of drug-likeness (QED) is 0.646. The van der Waals surface area contributed by atoms with Crippen LogP contribution >= 0.6 is 0 Å². The molecule has 0 aliphatic carbocycles. The Bertz CT molecular complexity index is 1020. The molecule has 1 heterocycles. The Balaban J connectivity index is 1.33. The van der Waals surface area contributed by atoms with Crippen molar-refractivity contribution in [3.63, 3.8) is 0 Å². The molecule has 0 saturated carbocycles. The number of benzene rings is 3. The number of hydrogen-bond acceptors (Lipinski definition) is 4. The number of para-hydroxylation sites is 3. The summed E-state index contributed by atoms with van der Waals surface area (Å²) in [4.78, 5) is 29.8. The van der Waals surface area contributed by atoms with Crippen LogP contribution in [-0.2, 0) is 4.79 Å². The van der Waals surface area contributed by atoms with Gasteiger partial charge in [0.15, 0.2) is 0 Å². The van der Waals surface area contributed by atoms with Gasteiger partial charge in [-0.25, -0.2) is 0 Å². The fourth-order valence-electron chi connectivity index (χ4n) is 3.71. The predicted octanol–water partition coefficient (Wildman–Crippen LogP) is 3.70. The monoisotopic (exact) mass is 414 g/mol. The van der Waals surface area contributed by atoms with Gasteiger partial charge in [0.1, 0.15) is 0 Å². The van der Waals surface area contributed by atoms with Gasteiger partial charge in [0.25, 0.3) is 5.91 Å². The molecule has 1 saturated heterocycles. The molecule has 0 aromatic heterocycles. The first-order chi connectivity index (χ1) is 15.2. The molecule has 2 N–H and O–H groups in total. The molecule has 1 aliphatic rings. The second-order valence-electron chi connectivity index (χ2n) is 7.51. The van der Waals surface area contributed by atoms with Crippen LogP contribution in [0.15, 0.2) is 84.9 Å². The van der Waals surface area contributed by atoms with Crippen LogP contribution in [0.1, 0.15) is 10.4 Å². The van der Waals surface area contributed by atoms with E-state index in [-0.39, 0.29) is 11.8 Å². The summed E-state index contributed by atoms with van der Waals surface area (Å²) in [5.74, 6) is -0.369. The van der Waals surface area contributed by atoms with Gasteiger partial charge in [-0.15, -0.1) is 0 Å². The van der Waals surface area contributed by atoms with E-state index in [4.69, 9.17) is 0 Å². The van der Waals surface area contributed by atoms with Crippen molar-refractivity contribution >= 4 is 28.9 Å². The first kappa shape index (κ1) is 20.6. The average Bonchev–Trinajstić information content (AvgIpc) is 2.81. The number of amides is 2. The molecule has 1 fully saturated rings. The van der Waals surface area contributed by atoms with E-state index < -0.39 is 0 Å². The van der Waals surface area contributed by atoms with Crippen LogP contribution in [0.25, 0.3) is 0 Å². The van der Waals surface area contributed by atoms with E-state index in [0.29, 0.717) is 23.5 Å². The molecule has 0 spiro atoms. The maximum atomic E-state index is 12.7. The van der Waals surface area contributed by atoms with E-state index in [9.17, 15) is 9.59 Å². The number of hydrogen-bond donors (Lipinski definition) is 2. The molecule has 0 radical (unpaired) electrons. The summed E-state index contributed by atoms with van der Waals surface area (Å²) in [7, 11) is 0. The lowest BCUT2D eigenvalue weighted by Crippen LogP contribution is -2.48. The van der Waals surface area contributed by atoms with Gasteiger partial charge in [-0.1, -0.05) is 48.5 Å². The van der Waals surface area contributed by atoms with Crippen LogP contribution in [0.4, 0.5) is 17.1 Å². The van der Waals surface area contributed by atoms with Crippen molar-refractivity contribution < 1.29 is 9.59 Å². The fourth-order valence-corrected chi connectivity index (χ4v) is 3.71. The Hall–Kier alpha value is -3.64. The maximum Gasteiger partial charge on any atom is 0.257 e. The van der Waals surface area contributed by atoms with Crippen LogP contribution < -0.4 is 15.5 Å². The van der Waals surface area contributed by atoms with Gasteiger partial charge < -0.3 is 15.5 Å². The van der Waals surface area contributed by atoms with E-state index in [0.717, 1.165) is 26.2 Å². The minimum atomic E-state index is -0.251. The van der Waals surface area contributed by atoms with E-state index in [2.05, 4.69) is 32.6 Å². The Kier molecular flexibility index (Phi) is 6.59. The van der Waals surface area contributed by atoms with E-state index in [1.807, 2.05) is 54.6 Å². The third kappa shape index (κ3) is 5.49. The van der Waals surface area contributed by atoms with Gasteiger partial charge in [-0.05, 0) is 36.4 Å². The molecule has 3 aromatic rings. The Labute approximate surface area is 182 Å². The van der Waals surface area contributed by atoms with Crippen molar-refractivity contribution in [3.05, 3.63) is 90.5 Å². The van der Waals surface area contributed by atoms with Gasteiger partial charge >= 0.3 is 0 Å². The van der Waals surface area contributed by atoms with Crippen molar-refractivity contribution in [2.24, 2.45) is 0 Å². The molecule has 6 nitrogen and oxygen atoms in total. The van der Waals surface area contributed by atoms with Crippen molar-refractivity contribution in [1.82, 2.24) is 4.90 Å². The van der Waals surface area contributed by atoms with Gasteiger partial charge in [0, 0.05) is 37.6 Å². The van der Waals surface area contributed by atoms with E-state index >= 15 is 0 Å². The summed E-state index contributed by atoms with van der Waals surface area (Å²) < 4.78 is 0.